The second-order valence-electron chi connectivity index (χ2n) is 22.7. The zero-order chi connectivity index (χ0) is 56.5. The third-order valence-corrected chi connectivity index (χ3v) is 18.3. The quantitative estimate of drug-likeness (QED) is 0.114. The molecule has 0 aliphatic heterocycles. The van der Waals surface area contributed by atoms with Crippen molar-refractivity contribution in [1.82, 2.24) is 9.13 Å². The second kappa shape index (κ2) is 20.6. The average molecular weight is 1080 g/mol. The Labute approximate surface area is 492 Å². The molecule has 0 saturated carbocycles. The van der Waals surface area contributed by atoms with Crippen LogP contribution in [-0.2, 0) is 11.8 Å². The van der Waals surface area contributed by atoms with E-state index < -0.39 is 5.41 Å². The molecule has 2 nitrogen and oxygen atoms in total. The van der Waals surface area contributed by atoms with E-state index in [9.17, 15) is 0 Å². The van der Waals surface area contributed by atoms with Crippen molar-refractivity contribution < 1.29 is 0 Å². The highest BCUT2D eigenvalue weighted by Crippen LogP contribution is 2.64. The van der Waals surface area contributed by atoms with Gasteiger partial charge in [-0.1, -0.05) is 238 Å². The standard InChI is InChI=1S/C82H62N2/c1-5-9-24-54(7-3)60-36-38-62-46-63-39-37-61(56-26-14-11-15-27-56)53-76(63)82(75(62)52-60)73-34-22-20-33-70(73)80-74(82)43-42-69-72-51-59(41-45-79(72)84(81(69)80)66-30-18-13-19-31-66)58-40-44-78-71(50-58)68-32-21-23-35-77(68)83(78)67-48-64(55(8-4)25-10-6-2)47-65(49-67)57-28-16-12-17-29-57/h5-45,47-53,62,75H,1,4,46H2,2-3H3/b10-6-,24-9-,54-7+,55-25+. The number of fused-ring (bicyclic) bond motifs is 16. The Balaban J connectivity index is 0.955. The SMILES string of the molecule is C=C/C=C\C(=C/C)C1=CC2C(C=C1)Cc1ccc(-c3ccccc3)cc1C21c2ccccc2-c2c1ccc1c3cc(-c4ccc5c(c4)c4ccccc4n5-c4cc(/C(C=C)=C/C=C\C)cc(-c5ccccc5)c4)ccc3n(-c3ccccc3)c21. The van der Waals surface area contributed by atoms with Gasteiger partial charge < -0.3 is 9.13 Å². The number of allylic oxidation sites excluding steroid dienone is 14. The van der Waals surface area contributed by atoms with Gasteiger partial charge >= 0.3 is 0 Å². The first-order chi connectivity index (χ1) is 41.5. The summed E-state index contributed by atoms with van der Waals surface area (Å²) in [7, 11) is 0. The Kier molecular flexibility index (Phi) is 12.4. The molecule has 2 aromatic heterocycles. The van der Waals surface area contributed by atoms with Crippen LogP contribution in [0.3, 0.4) is 0 Å². The summed E-state index contributed by atoms with van der Waals surface area (Å²) in [5.74, 6) is 0.408. The van der Waals surface area contributed by atoms with Gasteiger partial charge in [0.25, 0.3) is 0 Å². The largest absolute Gasteiger partial charge is 0.309 e. The van der Waals surface area contributed by atoms with E-state index in [1.807, 2.05) is 19.1 Å². The van der Waals surface area contributed by atoms with Crippen molar-refractivity contribution in [2.45, 2.75) is 25.7 Å². The van der Waals surface area contributed by atoms with Gasteiger partial charge in [-0.05, 0) is 176 Å². The molecule has 3 atom stereocenters. The smallest absolute Gasteiger partial charge is 0.0622 e. The lowest BCUT2D eigenvalue weighted by Gasteiger charge is -2.48. The lowest BCUT2D eigenvalue weighted by Crippen LogP contribution is -2.44. The summed E-state index contributed by atoms with van der Waals surface area (Å²) in [5.41, 5.74) is 26.5. The fourth-order valence-corrected chi connectivity index (χ4v) is 14.6. The van der Waals surface area contributed by atoms with Gasteiger partial charge in [0.2, 0.25) is 0 Å². The number of rotatable bonds is 11. The fraction of sp³-hybridized carbons (Fsp3) is 0.0732. The molecule has 0 fully saturated rings. The highest BCUT2D eigenvalue weighted by atomic mass is 15.0. The van der Waals surface area contributed by atoms with E-state index in [-0.39, 0.29) is 11.8 Å². The molecule has 2 heterocycles. The fourth-order valence-electron chi connectivity index (χ4n) is 14.6. The molecule has 12 aromatic rings. The average Bonchev–Trinajstić information content (AvgIpc) is 1.57. The number of benzene rings is 10. The van der Waals surface area contributed by atoms with Crippen LogP contribution in [-0.4, -0.2) is 9.13 Å². The molecular formula is C82H62N2. The maximum atomic E-state index is 4.25. The van der Waals surface area contributed by atoms with Gasteiger partial charge in [-0.2, -0.15) is 0 Å². The van der Waals surface area contributed by atoms with Crippen LogP contribution < -0.4 is 0 Å². The summed E-state index contributed by atoms with van der Waals surface area (Å²) in [5, 5.41) is 4.90. The Morgan fingerprint density at radius 1 is 0.500 bits per heavy atom. The minimum absolute atomic E-state index is 0.129. The highest BCUT2D eigenvalue weighted by Gasteiger charge is 2.55. The van der Waals surface area contributed by atoms with Gasteiger partial charge in [-0.25, -0.2) is 0 Å². The van der Waals surface area contributed by atoms with E-state index in [0.29, 0.717) is 0 Å². The van der Waals surface area contributed by atoms with Gasteiger partial charge in [0.1, 0.15) is 0 Å². The number of hydrogen-bond acceptors (Lipinski definition) is 0. The first-order valence-electron chi connectivity index (χ1n) is 29.5. The summed E-state index contributed by atoms with van der Waals surface area (Å²) in [6.07, 6.45) is 25.1. The summed E-state index contributed by atoms with van der Waals surface area (Å²) < 4.78 is 5.00. The van der Waals surface area contributed by atoms with Crippen LogP contribution in [0.25, 0.3) is 105 Å². The number of para-hydroxylation sites is 2. The summed E-state index contributed by atoms with van der Waals surface area (Å²) >= 11 is 0. The van der Waals surface area contributed by atoms with Crippen molar-refractivity contribution in [2.24, 2.45) is 11.8 Å². The first kappa shape index (κ1) is 50.7. The minimum Gasteiger partial charge on any atom is -0.309 e. The monoisotopic (exact) mass is 1070 g/mol. The third-order valence-electron chi connectivity index (χ3n) is 18.3. The Bertz CT molecular complexity index is 4850. The molecule has 400 valence electrons. The topological polar surface area (TPSA) is 9.86 Å². The van der Waals surface area contributed by atoms with Gasteiger partial charge in [0.05, 0.1) is 27.5 Å². The highest BCUT2D eigenvalue weighted by molar-refractivity contribution is 6.17. The first-order valence-corrected chi connectivity index (χ1v) is 29.5. The molecule has 3 aliphatic carbocycles. The van der Waals surface area contributed by atoms with Crippen molar-refractivity contribution in [3.05, 3.63) is 343 Å². The van der Waals surface area contributed by atoms with Crippen LogP contribution in [0, 0.1) is 11.8 Å². The maximum Gasteiger partial charge on any atom is 0.0622 e. The van der Waals surface area contributed by atoms with Crippen LogP contribution >= 0.6 is 0 Å². The predicted octanol–water partition coefficient (Wildman–Crippen LogP) is 21.3. The zero-order valence-electron chi connectivity index (χ0n) is 47.4. The van der Waals surface area contributed by atoms with E-state index in [1.54, 1.807) is 0 Å². The Morgan fingerprint density at radius 3 is 1.89 bits per heavy atom. The Hall–Kier alpha value is -10.3. The van der Waals surface area contributed by atoms with E-state index in [0.717, 1.165) is 45.5 Å². The molecule has 3 aliphatic rings. The molecule has 84 heavy (non-hydrogen) atoms. The van der Waals surface area contributed by atoms with Crippen LogP contribution in [0.4, 0.5) is 0 Å². The van der Waals surface area contributed by atoms with Crippen molar-refractivity contribution in [3.8, 4) is 55.9 Å². The normalized spacial score (nSPS) is 17.3. The Morgan fingerprint density at radius 2 is 1.15 bits per heavy atom. The molecule has 2 heteroatoms. The van der Waals surface area contributed by atoms with Crippen molar-refractivity contribution >= 4 is 49.2 Å². The lowest BCUT2D eigenvalue weighted by molar-refractivity contribution is 0.325. The molecule has 3 unspecified atom stereocenters. The molecule has 0 radical (unpaired) electrons. The molecule has 10 aromatic carbocycles. The van der Waals surface area contributed by atoms with Gasteiger partial charge in [-0.3, -0.25) is 0 Å². The number of nitrogens with zero attached hydrogens (tertiary/aromatic N) is 2. The summed E-state index contributed by atoms with van der Waals surface area (Å²) in [4.78, 5) is 0. The van der Waals surface area contributed by atoms with E-state index in [4.69, 9.17) is 0 Å². The lowest BCUT2D eigenvalue weighted by atomic mass is 9.53. The van der Waals surface area contributed by atoms with Crippen molar-refractivity contribution in [1.29, 1.82) is 0 Å². The minimum atomic E-state index is -0.501. The van der Waals surface area contributed by atoms with Crippen LogP contribution in [0.15, 0.2) is 316 Å². The van der Waals surface area contributed by atoms with Gasteiger partial charge in [0.15, 0.2) is 0 Å². The van der Waals surface area contributed by atoms with Crippen molar-refractivity contribution in [3.63, 3.8) is 0 Å². The van der Waals surface area contributed by atoms with E-state index >= 15 is 0 Å². The molecule has 15 rings (SSSR count). The summed E-state index contributed by atoms with van der Waals surface area (Å²) in [6, 6.07) is 84.4. The molecule has 0 amide bonds. The number of aromatic nitrogens is 2. The van der Waals surface area contributed by atoms with E-state index in [2.05, 4.69) is 308 Å². The number of hydrogen-bond donors (Lipinski definition) is 0. The second-order valence-corrected chi connectivity index (χ2v) is 22.7. The van der Waals surface area contributed by atoms with E-state index in [1.165, 1.54) is 105 Å². The molecule has 0 saturated heterocycles. The molecule has 0 N–H and O–H groups in total. The van der Waals surface area contributed by atoms with Crippen LogP contribution in [0.1, 0.15) is 41.7 Å². The van der Waals surface area contributed by atoms with Crippen LogP contribution in [0.5, 0.6) is 0 Å². The van der Waals surface area contributed by atoms with Gasteiger partial charge in [-0.15, -0.1) is 0 Å². The van der Waals surface area contributed by atoms with Crippen LogP contribution in [0.2, 0.25) is 0 Å². The zero-order valence-corrected chi connectivity index (χ0v) is 47.4. The summed E-state index contributed by atoms with van der Waals surface area (Å²) in [6.45, 7) is 12.5. The third kappa shape index (κ3) is 7.93. The van der Waals surface area contributed by atoms with Crippen molar-refractivity contribution in [2.75, 3.05) is 0 Å². The molecular weight excluding hydrogens is 1010 g/mol. The molecule has 0 bridgehead atoms. The molecule has 1 spiro atoms. The maximum absolute atomic E-state index is 4.25. The van der Waals surface area contributed by atoms with Gasteiger partial charge in [0, 0.05) is 44.4 Å². The predicted molar refractivity (Wildman–Crippen MR) is 357 cm³/mol.